The fourth-order valence-electron chi connectivity index (χ4n) is 4.83. The molecule has 2 heteroatoms. The third-order valence-corrected chi connectivity index (χ3v) is 7.27. The third-order valence-electron chi connectivity index (χ3n) is 6.37. The molecular weight excluding hydrogens is 454 g/mol. The number of hydrogen-bond donors (Lipinski definition) is 1. The molecule has 0 aliphatic heterocycles. The molecule has 0 radical (unpaired) electrons. The Hall–Kier alpha value is -3.10. The predicted octanol–water partition coefficient (Wildman–Crippen LogP) is 10.8. The Bertz CT molecular complexity index is 1280. The van der Waals surface area contributed by atoms with Gasteiger partial charge in [-0.1, -0.05) is 109 Å². The van der Waals surface area contributed by atoms with Gasteiger partial charge in [0.15, 0.2) is 0 Å². The molecule has 0 spiro atoms. The summed E-state index contributed by atoms with van der Waals surface area (Å²) in [6.45, 7) is 19.9. The van der Waals surface area contributed by atoms with Crippen molar-refractivity contribution in [3.05, 3.63) is 107 Å². The zero-order chi connectivity index (χ0) is 26.2. The lowest BCUT2D eigenvalue weighted by molar-refractivity contribution is 0.646. The summed E-state index contributed by atoms with van der Waals surface area (Å²) < 4.78 is 0. The monoisotopic (exact) mass is 495 g/mol. The van der Waals surface area contributed by atoms with Crippen LogP contribution in [0.3, 0.4) is 0 Å². The molecule has 0 saturated carbocycles. The molecule has 1 nitrogen and oxygen atoms in total. The van der Waals surface area contributed by atoms with E-state index in [2.05, 4.69) is 125 Å². The van der Waals surface area contributed by atoms with Crippen LogP contribution in [0.15, 0.2) is 84.8 Å². The van der Waals surface area contributed by atoms with Crippen LogP contribution in [0.4, 0.5) is 5.69 Å². The van der Waals surface area contributed by atoms with Gasteiger partial charge >= 0.3 is 0 Å². The van der Waals surface area contributed by atoms with Crippen LogP contribution in [0, 0.1) is 12.8 Å². The van der Waals surface area contributed by atoms with Gasteiger partial charge in [0.2, 0.25) is 0 Å². The highest BCUT2D eigenvalue weighted by atomic mass is 32.1. The Morgan fingerprint density at radius 3 is 2.14 bits per heavy atom. The van der Waals surface area contributed by atoms with Crippen LogP contribution in [0.1, 0.15) is 69.7 Å². The summed E-state index contributed by atoms with van der Waals surface area (Å²) >= 11 is 1.78. The Kier molecular flexibility index (Phi) is 9.73. The van der Waals surface area contributed by atoms with Gasteiger partial charge in [0.05, 0.1) is 0 Å². The topological polar surface area (TPSA) is 12.0 Å². The van der Waals surface area contributed by atoms with Crippen molar-refractivity contribution in [2.24, 2.45) is 5.92 Å². The number of thiophene rings is 1. The van der Waals surface area contributed by atoms with Crippen molar-refractivity contribution in [3.63, 3.8) is 0 Å². The maximum Gasteiger partial charge on any atom is 0.0464 e. The minimum atomic E-state index is 0.492. The summed E-state index contributed by atoms with van der Waals surface area (Å²) in [7, 11) is 0. The molecule has 0 atom stereocenters. The predicted molar refractivity (Wildman–Crippen MR) is 163 cm³/mol. The number of hydrogen-bond acceptors (Lipinski definition) is 2. The first kappa shape index (κ1) is 27.5. The molecule has 0 saturated heterocycles. The van der Waals surface area contributed by atoms with E-state index in [0.29, 0.717) is 11.8 Å². The van der Waals surface area contributed by atoms with Crippen LogP contribution < -0.4 is 5.32 Å². The Labute approximate surface area is 222 Å². The fourth-order valence-corrected chi connectivity index (χ4v) is 5.58. The molecule has 1 aromatic heterocycles. The van der Waals surface area contributed by atoms with Gasteiger partial charge in [-0.25, -0.2) is 0 Å². The minimum absolute atomic E-state index is 0.492. The normalized spacial score (nSPS) is 10.8. The summed E-state index contributed by atoms with van der Waals surface area (Å²) in [4.78, 5) is 1.28. The quantitative estimate of drug-likeness (QED) is 0.256. The summed E-state index contributed by atoms with van der Waals surface area (Å²) in [6.07, 6.45) is 1.02. The van der Waals surface area contributed by atoms with E-state index >= 15 is 0 Å². The molecule has 0 unspecified atom stereocenters. The number of para-hydroxylation sites is 1. The van der Waals surface area contributed by atoms with Crippen molar-refractivity contribution in [1.82, 2.24) is 0 Å². The van der Waals surface area contributed by atoms with Crippen LogP contribution in [0.25, 0.3) is 27.3 Å². The standard InChI is InChI=1S/C32H35NS.C2H6/c1-21(2)20-25-12-9-16-29(31-18-11-19-34-31)32(25)24(6)33-30-17-8-7-13-28(30)27-15-10-14-26(22(3)4)23(27)5;1-2/h7-19,21-22,33H,6,20H2,1-5H3;1-2H3. The van der Waals surface area contributed by atoms with Crippen molar-refractivity contribution < 1.29 is 0 Å². The first-order valence-corrected chi connectivity index (χ1v) is 14.1. The molecule has 0 aliphatic carbocycles. The van der Waals surface area contributed by atoms with Crippen LogP contribution in [0.2, 0.25) is 0 Å². The number of anilines is 1. The van der Waals surface area contributed by atoms with Gasteiger partial charge in [-0.2, -0.15) is 0 Å². The van der Waals surface area contributed by atoms with E-state index < -0.39 is 0 Å². The van der Waals surface area contributed by atoms with Crippen LogP contribution >= 0.6 is 11.3 Å². The highest BCUT2D eigenvalue weighted by molar-refractivity contribution is 7.13. The Morgan fingerprint density at radius 2 is 1.47 bits per heavy atom. The zero-order valence-electron chi connectivity index (χ0n) is 23.0. The molecule has 36 heavy (non-hydrogen) atoms. The molecule has 188 valence electrons. The van der Waals surface area contributed by atoms with Crippen LogP contribution in [-0.2, 0) is 6.42 Å². The van der Waals surface area contributed by atoms with E-state index in [4.69, 9.17) is 0 Å². The summed E-state index contributed by atoms with van der Waals surface area (Å²) in [5.41, 5.74) is 11.1. The maximum atomic E-state index is 4.56. The molecule has 0 bridgehead atoms. The van der Waals surface area contributed by atoms with Crippen molar-refractivity contribution in [1.29, 1.82) is 0 Å². The number of benzene rings is 3. The SMILES string of the molecule is C=C(Nc1ccccc1-c1cccc(C(C)C)c1C)c1c(CC(C)C)cccc1-c1cccs1.CC. The average Bonchev–Trinajstić information content (AvgIpc) is 3.40. The van der Waals surface area contributed by atoms with E-state index in [1.54, 1.807) is 11.3 Å². The van der Waals surface area contributed by atoms with Gasteiger partial charge < -0.3 is 5.32 Å². The lowest BCUT2D eigenvalue weighted by Crippen LogP contribution is -2.06. The first-order valence-electron chi connectivity index (χ1n) is 13.2. The second kappa shape index (κ2) is 12.7. The van der Waals surface area contributed by atoms with Crippen molar-refractivity contribution in [2.45, 2.75) is 60.8 Å². The van der Waals surface area contributed by atoms with Gasteiger partial charge in [-0.15, -0.1) is 11.3 Å². The second-order valence-electron chi connectivity index (χ2n) is 9.74. The highest BCUT2D eigenvalue weighted by Crippen LogP contribution is 2.38. The van der Waals surface area contributed by atoms with Crippen molar-refractivity contribution >= 4 is 22.7 Å². The molecule has 0 amide bonds. The molecule has 3 aromatic carbocycles. The van der Waals surface area contributed by atoms with E-state index in [1.165, 1.54) is 43.8 Å². The minimum Gasteiger partial charge on any atom is -0.355 e. The molecule has 0 fully saturated rings. The second-order valence-corrected chi connectivity index (χ2v) is 10.7. The average molecular weight is 496 g/mol. The molecule has 1 N–H and O–H groups in total. The molecule has 0 aliphatic rings. The van der Waals surface area contributed by atoms with E-state index in [-0.39, 0.29) is 0 Å². The third kappa shape index (κ3) is 6.17. The van der Waals surface area contributed by atoms with Gasteiger partial charge in [-0.05, 0) is 64.9 Å². The Morgan fingerprint density at radius 1 is 0.806 bits per heavy atom. The number of rotatable bonds is 8. The first-order chi connectivity index (χ1) is 17.4. The van der Waals surface area contributed by atoms with Crippen LogP contribution in [-0.4, -0.2) is 0 Å². The number of nitrogens with one attached hydrogen (secondary N) is 1. The van der Waals surface area contributed by atoms with E-state index in [9.17, 15) is 0 Å². The highest BCUT2D eigenvalue weighted by Gasteiger charge is 2.17. The summed E-state index contributed by atoms with van der Waals surface area (Å²) in [5.74, 6) is 1.06. The van der Waals surface area contributed by atoms with E-state index in [0.717, 1.165) is 17.8 Å². The molecule has 1 heterocycles. The van der Waals surface area contributed by atoms with E-state index in [1.807, 2.05) is 13.8 Å². The largest absolute Gasteiger partial charge is 0.355 e. The molecule has 4 rings (SSSR count). The van der Waals surface area contributed by atoms with Crippen molar-refractivity contribution in [3.8, 4) is 21.6 Å². The lowest BCUT2D eigenvalue weighted by atomic mass is 9.90. The molecular formula is C34H41NS. The maximum absolute atomic E-state index is 4.56. The molecule has 4 aromatic rings. The van der Waals surface area contributed by atoms with Gasteiger partial charge in [0, 0.05) is 33.0 Å². The van der Waals surface area contributed by atoms with Crippen LogP contribution in [0.5, 0.6) is 0 Å². The Balaban J connectivity index is 0.00000176. The van der Waals surface area contributed by atoms with Gasteiger partial charge in [-0.3, -0.25) is 0 Å². The smallest absolute Gasteiger partial charge is 0.0464 e. The fraction of sp³-hybridized carbons (Fsp3) is 0.294. The summed E-state index contributed by atoms with van der Waals surface area (Å²) in [5, 5.41) is 5.87. The zero-order valence-corrected chi connectivity index (χ0v) is 23.8. The summed E-state index contributed by atoms with van der Waals surface area (Å²) in [6, 6.07) is 26.2. The van der Waals surface area contributed by atoms with Crippen molar-refractivity contribution in [2.75, 3.05) is 5.32 Å². The lowest BCUT2D eigenvalue weighted by Gasteiger charge is -2.21. The van der Waals surface area contributed by atoms with Gasteiger partial charge in [0.1, 0.15) is 0 Å². The van der Waals surface area contributed by atoms with Gasteiger partial charge in [0.25, 0.3) is 0 Å².